The smallest absolute Gasteiger partial charge is 0.0438 e. The van der Waals surface area contributed by atoms with Crippen molar-refractivity contribution in [1.82, 2.24) is 10.2 Å². The number of halogens is 1. The Labute approximate surface area is 134 Å². The van der Waals surface area contributed by atoms with Gasteiger partial charge in [0.25, 0.3) is 0 Å². The first-order chi connectivity index (χ1) is 9.99. The maximum atomic E-state index is 6.37. The number of likely N-dealkylation sites (N-methyl/N-ethyl adjacent to an activating group) is 2. The highest BCUT2D eigenvalue weighted by Gasteiger charge is 2.42. The number of benzene rings is 1. The van der Waals surface area contributed by atoms with E-state index in [2.05, 4.69) is 50.4 Å². The summed E-state index contributed by atoms with van der Waals surface area (Å²) in [6.07, 6.45) is 6.15. The molecule has 2 nitrogen and oxygen atoms in total. The largest absolute Gasteiger partial charge is 0.315 e. The molecule has 2 rings (SSSR count). The molecular formula is C18H29ClN2. The van der Waals surface area contributed by atoms with E-state index in [1.165, 1.54) is 31.2 Å². The Kier molecular flexibility index (Phi) is 5.70. The SMILES string of the molecule is CNC(Cc1ccccc1Cl)C1(N(C)C)CCC(C)CC1. The third-order valence-corrected chi connectivity index (χ3v) is 5.78. The summed E-state index contributed by atoms with van der Waals surface area (Å²) in [6, 6.07) is 8.67. The summed E-state index contributed by atoms with van der Waals surface area (Å²) >= 11 is 6.37. The highest BCUT2D eigenvalue weighted by Crippen LogP contribution is 2.39. The van der Waals surface area contributed by atoms with Crippen molar-refractivity contribution in [1.29, 1.82) is 0 Å². The normalized spacial score (nSPS) is 27.8. The number of hydrogen-bond acceptors (Lipinski definition) is 2. The standard InChI is InChI=1S/C18H29ClN2/c1-14-9-11-18(12-10-14,21(3)4)17(20-2)13-15-7-5-6-8-16(15)19/h5-8,14,17,20H,9-13H2,1-4H3. The van der Waals surface area contributed by atoms with Crippen molar-refractivity contribution in [3.63, 3.8) is 0 Å². The fourth-order valence-corrected chi connectivity index (χ4v) is 4.03. The minimum absolute atomic E-state index is 0.237. The summed E-state index contributed by atoms with van der Waals surface area (Å²) in [6.45, 7) is 2.38. The van der Waals surface area contributed by atoms with E-state index in [0.29, 0.717) is 6.04 Å². The molecule has 3 heteroatoms. The molecule has 1 aromatic carbocycles. The summed E-state index contributed by atoms with van der Waals surface area (Å²) in [7, 11) is 6.55. The van der Waals surface area contributed by atoms with Gasteiger partial charge in [-0.2, -0.15) is 0 Å². The van der Waals surface area contributed by atoms with Crippen molar-refractivity contribution in [2.24, 2.45) is 5.92 Å². The van der Waals surface area contributed by atoms with Gasteiger partial charge in [-0.1, -0.05) is 36.7 Å². The number of hydrogen-bond donors (Lipinski definition) is 1. The quantitative estimate of drug-likeness (QED) is 0.885. The van der Waals surface area contributed by atoms with Gasteiger partial charge in [0, 0.05) is 16.6 Å². The van der Waals surface area contributed by atoms with Crippen LogP contribution in [-0.2, 0) is 6.42 Å². The monoisotopic (exact) mass is 308 g/mol. The van der Waals surface area contributed by atoms with E-state index in [1.54, 1.807) is 0 Å². The zero-order chi connectivity index (χ0) is 15.5. The second-order valence-corrected chi connectivity index (χ2v) is 7.22. The van der Waals surface area contributed by atoms with Gasteiger partial charge in [0.15, 0.2) is 0 Å². The molecule has 1 atom stereocenters. The molecule has 0 bridgehead atoms. The highest BCUT2D eigenvalue weighted by molar-refractivity contribution is 6.31. The Morgan fingerprint density at radius 2 is 1.90 bits per heavy atom. The van der Waals surface area contributed by atoms with E-state index in [1.807, 2.05) is 12.1 Å². The van der Waals surface area contributed by atoms with E-state index in [4.69, 9.17) is 11.6 Å². The zero-order valence-electron chi connectivity index (χ0n) is 13.8. The molecule has 1 fully saturated rings. The lowest BCUT2D eigenvalue weighted by molar-refractivity contribution is 0.0461. The Hall–Kier alpha value is -0.570. The first kappa shape index (κ1) is 16.8. The predicted octanol–water partition coefficient (Wildman–Crippen LogP) is 3.98. The van der Waals surface area contributed by atoms with Gasteiger partial charge >= 0.3 is 0 Å². The fourth-order valence-electron chi connectivity index (χ4n) is 3.81. The average Bonchev–Trinajstić information content (AvgIpc) is 2.47. The summed E-state index contributed by atoms with van der Waals surface area (Å²) in [5.74, 6) is 0.857. The lowest BCUT2D eigenvalue weighted by Crippen LogP contribution is -2.60. The van der Waals surface area contributed by atoms with Crippen molar-refractivity contribution in [3.8, 4) is 0 Å². The van der Waals surface area contributed by atoms with E-state index < -0.39 is 0 Å². The van der Waals surface area contributed by atoms with Crippen LogP contribution in [0.3, 0.4) is 0 Å². The van der Waals surface area contributed by atoms with Crippen LogP contribution >= 0.6 is 11.6 Å². The van der Waals surface area contributed by atoms with Gasteiger partial charge in [0.2, 0.25) is 0 Å². The van der Waals surface area contributed by atoms with Crippen LogP contribution in [0.2, 0.25) is 5.02 Å². The van der Waals surface area contributed by atoms with Gasteiger partial charge in [-0.25, -0.2) is 0 Å². The second-order valence-electron chi connectivity index (χ2n) is 6.82. The van der Waals surface area contributed by atoms with Crippen molar-refractivity contribution in [2.45, 2.75) is 50.6 Å². The van der Waals surface area contributed by atoms with Gasteiger partial charge in [0.1, 0.15) is 0 Å². The third kappa shape index (κ3) is 3.61. The van der Waals surface area contributed by atoms with Crippen LogP contribution in [0.5, 0.6) is 0 Å². The fraction of sp³-hybridized carbons (Fsp3) is 0.667. The lowest BCUT2D eigenvalue weighted by atomic mass is 9.70. The Balaban J connectivity index is 2.23. The molecule has 0 heterocycles. The van der Waals surface area contributed by atoms with Crippen molar-refractivity contribution >= 4 is 11.6 Å². The second kappa shape index (κ2) is 7.13. The molecule has 21 heavy (non-hydrogen) atoms. The maximum absolute atomic E-state index is 6.37. The highest BCUT2D eigenvalue weighted by atomic mass is 35.5. The topological polar surface area (TPSA) is 15.3 Å². The minimum Gasteiger partial charge on any atom is -0.315 e. The van der Waals surface area contributed by atoms with E-state index in [-0.39, 0.29) is 5.54 Å². The molecule has 0 aliphatic heterocycles. The van der Waals surface area contributed by atoms with E-state index in [0.717, 1.165) is 17.4 Å². The molecule has 1 aliphatic rings. The molecule has 0 saturated heterocycles. The Bertz CT molecular complexity index is 450. The molecular weight excluding hydrogens is 280 g/mol. The van der Waals surface area contributed by atoms with Crippen LogP contribution in [0.25, 0.3) is 0 Å². The van der Waals surface area contributed by atoms with Crippen LogP contribution in [-0.4, -0.2) is 37.6 Å². The van der Waals surface area contributed by atoms with Crippen LogP contribution < -0.4 is 5.32 Å². The van der Waals surface area contributed by atoms with Crippen LogP contribution in [0.1, 0.15) is 38.2 Å². The first-order valence-electron chi connectivity index (χ1n) is 8.07. The number of rotatable bonds is 5. The average molecular weight is 309 g/mol. The van der Waals surface area contributed by atoms with E-state index in [9.17, 15) is 0 Å². The van der Waals surface area contributed by atoms with Crippen molar-refractivity contribution in [2.75, 3.05) is 21.1 Å². The molecule has 0 radical (unpaired) electrons. The Morgan fingerprint density at radius 3 is 2.43 bits per heavy atom. The summed E-state index contributed by atoms with van der Waals surface area (Å²) in [5.41, 5.74) is 1.49. The molecule has 0 spiro atoms. The van der Waals surface area contributed by atoms with E-state index >= 15 is 0 Å². The van der Waals surface area contributed by atoms with Crippen LogP contribution in [0.4, 0.5) is 0 Å². The summed E-state index contributed by atoms with van der Waals surface area (Å²) in [5, 5.41) is 4.47. The maximum Gasteiger partial charge on any atom is 0.0438 e. The molecule has 1 unspecified atom stereocenters. The number of nitrogens with zero attached hydrogens (tertiary/aromatic N) is 1. The molecule has 0 aromatic heterocycles. The molecule has 1 saturated carbocycles. The minimum atomic E-state index is 0.237. The molecule has 118 valence electrons. The summed E-state index contributed by atoms with van der Waals surface area (Å²) in [4.78, 5) is 2.44. The lowest BCUT2D eigenvalue weighted by Gasteiger charge is -2.50. The van der Waals surface area contributed by atoms with Crippen molar-refractivity contribution in [3.05, 3.63) is 34.9 Å². The van der Waals surface area contributed by atoms with Gasteiger partial charge in [-0.05, 0) is 70.8 Å². The van der Waals surface area contributed by atoms with Crippen LogP contribution in [0, 0.1) is 5.92 Å². The zero-order valence-corrected chi connectivity index (χ0v) is 14.6. The van der Waals surface area contributed by atoms with Gasteiger partial charge in [-0.15, -0.1) is 0 Å². The van der Waals surface area contributed by atoms with Crippen LogP contribution in [0.15, 0.2) is 24.3 Å². The molecule has 1 aromatic rings. The number of nitrogens with one attached hydrogen (secondary N) is 1. The molecule has 1 aliphatic carbocycles. The van der Waals surface area contributed by atoms with Gasteiger partial charge in [0.05, 0.1) is 0 Å². The third-order valence-electron chi connectivity index (χ3n) is 5.41. The summed E-state index contributed by atoms with van der Waals surface area (Å²) < 4.78 is 0. The Morgan fingerprint density at radius 1 is 1.29 bits per heavy atom. The predicted molar refractivity (Wildman–Crippen MR) is 92.1 cm³/mol. The molecule has 1 N–H and O–H groups in total. The van der Waals surface area contributed by atoms with Gasteiger partial charge < -0.3 is 10.2 Å². The first-order valence-corrected chi connectivity index (χ1v) is 8.45. The molecule has 0 amide bonds. The van der Waals surface area contributed by atoms with Crippen molar-refractivity contribution < 1.29 is 0 Å². The van der Waals surface area contributed by atoms with Gasteiger partial charge in [-0.3, -0.25) is 0 Å².